The zero-order valence-corrected chi connectivity index (χ0v) is 10.1. The average Bonchev–Trinajstić information content (AvgIpc) is 2.46. The lowest BCUT2D eigenvalue weighted by Crippen LogP contribution is -2.05. The molecule has 0 bridgehead atoms. The zero-order valence-electron chi connectivity index (χ0n) is 10.1. The molecule has 18 heavy (non-hydrogen) atoms. The maximum atomic E-state index is 4.57. The van der Waals surface area contributed by atoms with Gasteiger partial charge in [-0.15, -0.1) is 0 Å². The summed E-state index contributed by atoms with van der Waals surface area (Å²) < 4.78 is 0. The summed E-state index contributed by atoms with van der Waals surface area (Å²) in [6, 6.07) is 17.2. The molecule has 0 saturated heterocycles. The Bertz CT molecular complexity index is 743. The summed E-state index contributed by atoms with van der Waals surface area (Å²) in [5.41, 5.74) is 6.71. The molecule has 4 rings (SSSR count). The molecule has 1 aliphatic carbocycles. The van der Waals surface area contributed by atoms with Gasteiger partial charge in [0, 0.05) is 11.6 Å². The van der Waals surface area contributed by atoms with Crippen molar-refractivity contribution in [3.63, 3.8) is 0 Å². The number of rotatable bonds is 0. The number of aromatic nitrogens is 1. The van der Waals surface area contributed by atoms with Crippen LogP contribution in [0.25, 0.3) is 22.0 Å². The average molecular weight is 231 g/mol. The van der Waals surface area contributed by atoms with E-state index in [0.717, 1.165) is 18.4 Å². The van der Waals surface area contributed by atoms with Gasteiger partial charge in [0.1, 0.15) is 0 Å². The summed E-state index contributed by atoms with van der Waals surface area (Å²) >= 11 is 0. The number of fused-ring (bicyclic) bond motifs is 5. The summed E-state index contributed by atoms with van der Waals surface area (Å²) in [7, 11) is 0. The molecule has 1 aliphatic rings. The highest BCUT2D eigenvalue weighted by Crippen LogP contribution is 2.37. The van der Waals surface area contributed by atoms with Crippen molar-refractivity contribution in [1.82, 2.24) is 4.98 Å². The highest BCUT2D eigenvalue weighted by Gasteiger charge is 2.18. The van der Waals surface area contributed by atoms with Crippen molar-refractivity contribution in [1.29, 1.82) is 0 Å². The monoisotopic (exact) mass is 231 g/mol. The van der Waals surface area contributed by atoms with Gasteiger partial charge in [-0.25, -0.2) is 0 Å². The van der Waals surface area contributed by atoms with Gasteiger partial charge in [0.2, 0.25) is 0 Å². The van der Waals surface area contributed by atoms with E-state index in [4.69, 9.17) is 0 Å². The minimum atomic E-state index is 1.09. The number of pyridine rings is 1. The topological polar surface area (TPSA) is 12.9 Å². The van der Waals surface area contributed by atoms with E-state index < -0.39 is 0 Å². The molecule has 0 fully saturated rings. The van der Waals surface area contributed by atoms with E-state index in [1.54, 1.807) is 0 Å². The quantitative estimate of drug-likeness (QED) is 0.570. The Balaban J connectivity index is 2.15. The van der Waals surface area contributed by atoms with Crippen molar-refractivity contribution in [3.05, 3.63) is 65.9 Å². The van der Waals surface area contributed by atoms with Crippen LogP contribution in [0.3, 0.4) is 0 Å². The Hall–Kier alpha value is -2.15. The predicted molar refractivity (Wildman–Crippen MR) is 74.6 cm³/mol. The molecule has 86 valence electrons. The second-order valence-electron chi connectivity index (χ2n) is 4.83. The van der Waals surface area contributed by atoms with Crippen molar-refractivity contribution >= 4 is 10.9 Å². The molecule has 0 radical (unpaired) electrons. The first-order valence-electron chi connectivity index (χ1n) is 6.38. The second kappa shape index (κ2) is 3.67. The summed E-state index contributed by atoms with van der Waals surface area (Å²) in [4.78, 5) is 4.57. The number of benzene rings is 2. The van der Waals surface area contributed by atoms with Gasteiger partial charge in [0.05, 0.1) is 5.52 Å². The predicted octanol–water partition coefficient (Wildman–Crippen LogP) is 4.00. The molecule has 0 N–H and O–H groups in total. The van der Waals surface area contributed by atoms with Gasteiger partial charge in [0.15, 0.2) is 0 Å². The maximum Gasteiger partial charge on any atom is 0.0708 e. The van der Waals surface area contributed by atoms with Gasteiger partial charge < -0.3 is 0 Å². The molecule has 0 atom stereocenters. The highest BCUT2D eigenvalue weighted by atomic mass is 14.7. The van der Waals surface area contributed by atoms with Crippen molar-refractivity contribution in [3.8, 4) is 11.1 Å². The molecule has 2 aromatic carbocycles. The Labute approximate surface area is 106 Å². The van der Waals surface area contributed by atoms with E-state index in [1.807, 2.05) is 6.20 Å². The number of hydrogen-bond donors (Lipinski definition) is 0. The van der Waals surface area contributed by atoms with E-state index in [-0.39, 0.29) is 0 Å². The summed E-state index contributed by atoms with van der Waals surface area (Å²) in [5.74, 6) is 0. The van der Waals surface area contributed by atoms with Gasteiger partial charge in [0.25, 0.3) is 0 Å². The summed E-state index contributed by atoms with van der Waals surface area (Å²) in [6.07, 6.45) is 4.28. The van der Waals surface area contributed by atoms with Crippen molar-refractivity contribution in [2.45, 2.75) is 12.8 Å². The van der Waals surface area contributed by atoms with Crippen molar-refractivity contribution in [2.75, 3.05) is 0 Å². The Kier molecular flexibility index (Phi) is 2.01. The first-order chi connectivity index (χ1) is 8.93. The fourth-order valence-electron chi connectivity index (χ4n) is 2.94. The van der Waals surface area contributed by atoms with E-state index in [2.05, 4.69) is 53.5 Å². The molecule has 0 amide bonds. The van der Waals surface area contributed by atoms with Crippen molar-refractivity contribution < 1.29 is 0 Å². The maximum absolute atomic E-state index is 4.57. The molecule has 0 saturated carbocycles. The molecule has 1 nitrogen and oxygen atoms in total. The normalized spacial score (nSPS) is 13.1. The number of nitrogens with zero attached hydrogens (tertiary/aromatic N) is 1. The highest BCUT2D eigenvalue weighted by molar-refractivity contribution is 5.97. The van der Waals surface area contributed by atoms with Crippen LogP contribution in [0.4, 0.5) is 0 Å². The Morgan fingerprint density at radius 3 is 2.56 bits per heavy atom. The van der Waals surface area contributed by atoms with E-state index in [9.17, 15) is 0 Å². The van der Waals surface area contributed by atoms with Crippen LogP contribution in [-0.2, 0) is 12.8 Å². The molecule has 0 aliphatic heterocycles. The lowest BCUT2D eigenvalue weighted by atomic mass is 9.84. The SMILES string of the molecule is c1ccc2c(c1)CCc1cnc3ccccc3c1-2. The van der Waals surface area contributed by atoms with Gasteiger partial charge >= 0.3 is 0 Å². The standard InChI is InChI=1S/C17H13N/c1-2-6-14-12(5-1)9-10-13-11-18-16-8-4-3-7-15(16)17(13)14/h1-8,11H,9-10H2. The summed E-state index contributed by atoms with van der Waals surface area (Å²) in [6.45, 7) is 0. The largest absolute Gasteiger partial charge is 0.256 e. The van der Waals surface area contributed by atoms with Crippen molar-refractivity contribution in [2.24, 2.45) is 0 Å². The van der Waals surface area contributed by atoms with Crippen LogP contribution >= 0.6 is 0 Å². The van der Waals surface area contributed by atoms with Crippen LogP contribution in [0, 0.1) is 0 Å². The first kappa shape index (κ1) is 9.84. The molecule has 1 heterocycles. The molecule has 0 spiro atoms. The van der Waals surface area contributed by atoms with E-state index in [1.165, 1.54) is 27.6 Å². The van der Waals surface area contributed by atoms with Crippen LogP contribution in [0.2, 0.25) is 0 Å². The number of hydrogen-bond acceptors (Lipinski definition) is 1. The van der Waals surface area contributed by atoms with Crippen LogP contribution in [0.5, 0.6) is 0 Å². The third kappa shape index (κ3) is 1.31. The lowest BCUT2D eigenvalue weighted by molar-refractivity contribution is 0.937. The van der Waals surface area contributed by atoms with Gasteiger partial charge in [-0.1, -0.05) is 42.5 Å². The second-order valence-corrected chi connectivity index (χ2v) is 4.83. The smallest absolute Gasteiger partial charge is 0.0708 e. The number of para-hydroxylation sites is 1. The van der Waals surface area contributed by atoms with Crippen LogP contribution in [0.1, 0.15) is 11.1 Å². The van der Waals surface area contributed by atoms with Gasteiger partial charge in [-0.3, -0.25) is 4.98 Å². The molecular formula is C17H13N. The molecule has 3 aromatic rings. The molecule has 1 heteroatoms. The van der Waals surface area contributed by atoms with Crippen LogP contribution in [-0.4, -0.2) is 4.98 Å². The van der Waals surface area contributed by atoms with Gasteiger partial charge in [-0.05, 0) is 41.2 Å². The molecule has 0 unspecified atom stereocenters. The Morgan fingerprint density at radius 2 is 1.56 bits per heavy atom. The Morgan fingerprint density at radius 1 is 0.778 bits per heavy atom. The molecular weight excluding hydrogens is 218 g/mol. The molecule has 1 aromatic heterocycles. The lowest BCUT2D eigenvalue weighted by Gasteiger charge is -2.21. The summed E-state index contributed by atoms with van der Waals surface area (Å²) in [5, 5.41) is 1.28. The third-order valence-corrected chi connectivity index (χ3v) is 3.80. The van der Waals surface area contributed by atoms with Crippen LogP contribution < -0.4 is 0 Å². The third-order valence-electron chi connectivity index (χ3n) is 3.80. The van der Waals surface area contributed by atoms with E-state index >= 15 is 0 Å². The zero-order chi connectivity index (χ0) is 11.9. The van der Waals surface area contributed by atoms with Crippen LogP contribution in [0.15, 0.2) is 54.7 Å². The fourth-order valence-corrected chi connectivity index (χ4v) is 2.94. The van der Waals surface area contributed by atoms with Gasteiger partial charge in [-0.2, -0.15) is 0 Å². The van der Waals surface area contributed by atoms with E-state index in [0.29, 0.717) is 0 Å². The first-order valence-corrected chi connectivity index (χ1v) is 6.38. The minimum Gasteiger partial charge on any atom is -0.256 e. The number of aryl methyl sites for hydroxylation is 2. The minimum absolute atomic E-state index is 1.09. The fraction of sp³-hybridized carbons (Fsp3) is 0.118.